The first-order valence-electron chi connectivity index (χ1n) is 5.96. The molecule has 0 aromatic heterocycles. The normalized spacial score (nSPS) is 12.8. The number of benzene rings is 1. The summed E-state index contributed by atoms with van der Waals surface area (Å²) in [6, 6.07) is 6.86. The minimum absolute atomic E-state index is 0.0196. The maximum absolute atomic E-state index is 11.0. The highest BCUT2D eigenvalue weighted by atomic mass is 16.5. The van der Waals surface area contributed by atoms with E-state index >= 15 is 0 Å². The number of ether oxygens (including phenoxy) is 1. The van der Waals surface area contributed by atoms with E-state index in [0.29, 0.717) is 5.75 Å². The highest BCUT2D eigenvalue weighted by Gasteiger charge is 2.29. The zero-order valence-electron chi connectivity index (χ0n) is 11.2. The van der Waals surface area contributed by atoms with Gasteiger partial charge in [0.15, 0.2) is 5.60 Å². The van der Waals surface area contributed by atoms with Crippen molar-refractivity contribution in [3.8, 4) is 5.75 Å². The zero-order chi connectivity index (χ0) is 14.6. The Morgan fingerprint density at radius 1 is 1.32 bits per heavy atom. The minimum Gasteiger partial charge on any atom is -0.481 e. The van der Waals surface area contributed by atoms with Crippen molar-refractivity contribution < 1.29 is 24.5 Å². The van der Waals surface area contributed by atoms with E-state index in [1.54, 1.807) is 31.2 Å². The Hall–Kier alpha value is -2.04. The van der Waals surface area contributed by atoms with E-state index in [2.05, 4.69) is 0 Å². The van der Waals surface area contributed by atoms with Crippen LogP contribution in [-0.4, -0.2) is 27.8 Å². The van der Waals surface area contributed by atoms with Gasteiger partial charge >= 0.3 is 11.9 Å². The van der Waals surface area contributed by atoms with E-state index in [0.717, 1.165) is 5.56 Å². The molecule has 2 N–H and O–H groups in total. The van der Waals surface area contributed by atoms with Gasteiger partial charge in [0, 0.05) is 0 Å². The first-order valence-corrected chi connectivity index (χ1v) is 5.96. The number of carbonyl (C=O) groups is 2. The second kappa shape index (κ2) is 5.73. The van der Waals surface area contributed by atoms with Crippen LogP contribution < -0.4 is 4.74 Å². The van der Waals surface area contributed by atoms with Crippen LogP contribution in [0, 0.1) is 0 Å². The summed E-state index contributed by atoms with van der Waals surface area (Å²) in [4.78, 5) is 21.7. The first-order chi connectivity index (χ1) is 8.72. The van der Waals surface area contributed by atoms with Crippen LogP contribution in [0.1, 0.15) is 38.7 Å². The van der Waals surface area contributed by atoms with Crippen molar-refractivity contribution in [3.63, 3.8) is 0 Å². The molecule has 1 atom stereocenters. The Kier molecular flexibility index (Phi) is 4.53. The first kappa shape index (κ1) is 15.0. The van der Waals surface area contributed by atoms with Gasteiger partial charge in [-0.2, -0.15) is 0 Å². The molecule has 0 bridgehead atoms. The lowest BCUT2D eigenvalue weighted by Crippen LogP contribution is -2.37. The molecule has 0 saturated carbocycles. The summed E-state index contributed by atoms with van der Waals surface area (Å²) in [5.41, 5.74) is -0.518. The molecule has 0 saturated heterocycles. The number of hydrogen-bond donors (Lipinski definition) is 2. The highest BCUT2D eigenvalue weighted by molar-refractivity contribution is 5.76. The quantitative estimate of drug-likeness (QED) is 0.826. The van der Waals surface area contributed by atoms with Crippen LogP contribution in [0.4, 0.5) is 0 Å². The van der Waals surface area contributed by atoms with Gasteiger partial charge in [0.25, 0.3) is 0 Å². The van der Waals surface area contributed by atoms with Crippen LogP contribution in [0.15, 0.2) is 24.3 Å². The van der Waals surface area contributed by atoms with E-state index in [9.17, 15) is 9.59 Å². The third-order valence-corrected chi connectivity index (χ3v) is 2.80. The van der Waals surface area contributed by atoms with E-state index in [4.69, 9.17) is 14.9 Å². The van der Waals surface area contributed by atoms with Gasteiger partial charge in [-0.15, -0.1) is 0 Å². The molecular weight excluding hydrogens is 248 g/mol. The molecule has 1 unspecified atom stereocenters. The zero-order valence-corrected chi connectivity index (χ0v) is 11.2. The lowest BCUT2D eigenvalue weighted by Gasteiger charge is -2.22. The van der Waals surface area contributed by atoms with Gasteiger partial charge in [-0.3, -0.25) is 4.79 Å². The standard InChI is InChI=1S/C14H18O5/c1-9(7-12(15)16)10-5-4-6-11(8-10)19-14(2,3)13(17)18/h4-6,8-9H,7H2,1-3H3,(H,15,16)(H,17,18). The van der Waals surface area contributed by atoms with Crippen molar-refractivity contribution in [2.24, 2.45) is 0 Å². The number of carboxylic acids is 2. The predicted molar refractivity (Wildman–Crippen MR) is 69.5 cm³/mol. The second-order valence-corrected chi connectivity index (χ2v) is 4.99. The maximum atomic E-state index is 11.0. The third-order valence-electron chi connectivity index (χ3n) is 2.80. The molecule has 0 aliphatic carbocycles. The number of aliphatic carboxylic acids is 2. The van der Waals surface area contributed by atoms with Crippen molar-refractivity contribution in [1.29, 1.82) is 0 Å². The Morgan fingerprint density at radius 3 is 2.47 bits per heavy atom. The molecule has 5 heteroatoms. The van der Waals surface area contributed by atoms with E-state index < -0.39 is 17.5 Å². The lowest BCUT2D eigenvalue weighted by atomic mass is 9.98. The fourth-order valence-electron chi connectivity index (χ4n) is 1.60. The Morgan fingerprint density at radius 2 is 1.95 bits per heavy atom. The van der Waals surface area contributed by atoms with Gasteiger partial charge in [-0.25, -0.2) is 4.79 Å². The average Bonchev–Trinajstić information content (AvgIpc) is 2.27. The molecule has 19 heavy (non-hydrogen) atoms. The lowest BCUT2D eigenvalue weighted by molar-refractivity contribution is -0.152. The van der Waals surface area contributed by atoms with Crippen molar-refractivity contribution in [2.75, 3.05) is 0 Å². The minimum atomic E-state index is -1.32. The van der Waals surface area contributed by atoms with E-state index in [-0.39, 0.29) is 12.3 Å². The van der Waals surface area contributed by atoms with Crippen molar-refractivity contribution in [1.82, 2.24) is 0 Å². The molecule has 0 radical (unpaired) electrons. The monoisotopic (exact) mass is 266 g/mol. The van der Waals surface area contributed by atoms with E-state index in [1.807, 2.05) is 0 Å². The molecule has 1 aromatic rings. The van der Waals surface area contributed by atoms with Gasteiger partial charge in [0.2, 0.25) is 0 Å². The summed E-state index contributed by atoms with van der Waals surface area (Å²) >= 11 is 0. The van der Waals surface area contributed by atoms with Gasteiger partial charge in [-0.05, 0) is 37.5 Å². The third kappa shape index (κ3) is 4.28. The van der Waals surface area contributed by atoms with Crippen molar-refractivity contribution in [2.45, 2.75) is 38.7 Å². The molecule has 0 fully saturated rings. The summed E-state index contributed by atoms with van der Waals surface area (Å²) in [6.45, 7) is 4.72. The van der Waals surface area contributed by atoms with Crippen LogP contribution in [0.5, 0.6) is 5.75 Å². The molecule has 104 valence electrons. The molecule has 0 heterocycles. The van der Waals surface area contributed by atoms with Gasteiger partial charge in [0.05, 0.1) is 6.42 Å². The molecule has 0 aliphatic heterocycles. The molecule has 0 aliphatic rings. The molecule has 5 nitrogen and oxygen atoms in total. The van der Waals surface area contributed by atoms with Crippen LogP contribution in [0.25, 0.3) is 0 Å². The van der Waals surface area contributed by atoms with Crippen LogP contribution in [0.3, 0.4) is 0 Å². The number of hydrogen-bond acceptors (Lipinski definition) is 3. The number of rotatable bonds is 6. The smallest absolute Gasteiger partial charge is 0.347 e. The number of carboxylic acid groups (broad SMARTS) is 2. The Balaban J connectivity index is 2.88. The van der Waals surface area contributed by atoms with Crippen LogP contribution in [-0.2, 0) is 9.59 Å². The SMILES string of the molecule is CC(CC(=O)O)c1cccc(OC(C)(C)C(=O)O)c1. The topological polar surface area (TPSA) is 83.8 Å². The summed E-state index contributed by atoms with van der Waals surface area (Å²) in [6.07, 6.45) is 0.0196. The molecular formula is C14H18O5. The molecule has 0 amide bonds. The summed E-state index contributed by atoms with van der Waals surface area (Å²) < 4.78 is 5.41. The summed E-state index contributed by atoms with van der Waals surface area (Å²) in [7, 11) is 0. The van der Waals surface area contributed by atoms with Crippen LogP contribution >= 0.6 is 0 Å². The Labute approximate surface area is 111 Å². The summed E-state index contributed by atoms with van der Waals surface area (Å²) in [5, 5.41) is 17.8. The Bertz CT molecular complexity index is 478. The summed E-state index contributed by atoms with van der Waals surface area (Å²) in [5.74, 6) is -1.67. The molecule has 1 rings (SSSR count). The van der Waals surface area contributed by atoms with E-state index in [1.165, 1.54) is 13.8 Å². The van der Waals surface area contributed by atoms with Gasteiger partial charge in [0.1, 0.15) is 5.75 Å². The van der Waals surface area contributed by atoms with Crippen molar-refractivity contribution in [3.05, 3.63) is 29.8 Å². The highest BCUT2D eigenvalue weighted by Crippen LogP contribution is 2.25. The van der Waals surface area contributed by atoms with Gasteiger partial charge < -0.3 is 14.9 Å². The maximum Gasteiger partial charge on any atom is 0.347 e. The fraction of sp³-hybridized carbons (Fsp3) is 0.429. The molecule has 1 aromatic carbocycles. The molecule has 0 spiro atoms. The predicted octanol–water partition coefficient (Wildman–Crippen LogP) is 2.51. The van der Waals surface area contributed by atoms with Crippen LogP contribution in [0.2, 0.25) is 0 Å². The average molecular weight is 266 g/mol. The van der Waals surface area contributed by atoms with Gasteiger partial charge in [-0.1, -0.05) is 19.1 Å². The largest absolute Gasteiger partial charge is 0.481 e. The second-order valence-electron chi connectivity index (χ2n) is 4.99. The fourth-order valence-corrected chi connectivity index (χ4v) is 1.60. The van der Waals surface area contributed by atoms with Crippen molar-refractivity contribution >= 4 is 11.9 Å².